The molecule has 1 N–H and O–H groups in total. The Balaban J connectivity index is 2.24. The number of carbonyl (C=O) groups excluding carboxylic acids is 2. The Morgan fingerprint density at radius 3 is 2.23 bits per heavy atom. The second kappa shape index (κ2) is 6.34. The highest BCUT2D eigenvalue weighted by atomic mass is 16.4. The topological polar surface area (TPSA) is 69.2 Å². The van der Waals surface area contributed by atoms with E-state index in [2.05, 4.69) is 5.32 Å². The molecule has 0 aromatic heterocycles. The van der Waals surface area contributed by atoms with E-state index >= 15 is 0 Å². The third kappa shape index (κ3) is 3.21. The van der Waals surface area contributed by atoms with Crippen molar-refractivity contribution in [2.45, 2.75) is 40.5 Å². The van der Waals surface area contributed by atoms with Crippen LogP contribution < -0.4 is 10.4 Å². The first-order chi connectivity index (χ1) is 10.3. The number of carboxylic acid groups (broad SMARTS) is 1. The van der Waals surface area contributed by atoms with Crippen LogP contribution in [0.15, 0.2) is 29.3 Å². The highest BCUT2D eigenvalue weighted by Crippen LogP contribution is 2.34. The number of carboxylic acids is 1. The van der Waals surface area contributed by atoms with Gasteiger partial charge in [-0.3, -0.25) is 4.79 Å². The molecule has 4 heteroatoms. The van der Waals surface area contributed by atoms with E-state index in [1.807, 2.05) is 45.9 Å². The summed E-state index contributed by atoms with van der Waals surface area (Å²) in [6.45, 7) is 7.80. The normalized spacial score (nSPS) is 21.6. The zero-order valence-electron chi connectivity index (χ0n) is 13.5. The molecule has 0 saturated heterocycles. The first kappa shape index (κ1) is 16.3. The van der Waals surface area contributed by atoms with E-state index in [0.29, 0.717) is 12.8 Å². The van der Waals surface area contributed by atoms with Crippen LogP contribution in [0.5, 0.6) is 0 Å². The van der Waals surface area contributed by atoms with Gasteiger partial charge >= 0.3 is 0 Å². The summed E-state index contributed by atoms with van der Waals surface area (Å²) in [5.41, 5.74) is 4.97. The van der Waals surface area contributed by atoms with Crippen molar-refractivity contribution in [1.82, 2.24) is 0 Å². The van der Waals surface area contributed by atoms with E-state index < -0.39 is 17.8 Å². The number of amides is 1. The van der Waals surface area contributed by atoms with Gasteiger partial charge in [-0.1, -0.05) is 23.3 Å². The minimum atomic E-state index is -1.15. The minimum Gasteiger partial charge on any atom is -0.550 e. The zero-order valence-corrected chi connectivity index (χ0v) is 13.5. The predicted octanol–water partition coefficient (Wildman–Crippen LogP) is 2.35. The van der Waals surface area contributed by atoms with Crippen molar-refractivity contribution in [3.8, 4) is 0 Å². The van der Waals surface area contributed by atoms with Crippen LogP contribution in [-0.2, 0) is 9.59 Å². The molecule has 1 aromatic carbocycles. The number of hydrogen-bond donors (Lipinski definition) is 1. The molecule has 1 amide bonds. The van der Waals surface area contributed by atoms with Gasteiger partial charge in [0.2, 0.25) is 5.91 Å². The van der Waals surface area contributed by atoms with E-state index in [0.717, 1.165) is 28.0 Å². The average Bonchev–Trinajstić information content (AvgIpc) is 2.46. The SMILES string of the molecule is CC1=C(C)C[C@@H](C(=O)Nc2cccc(C)c2C)[C@H](C(=O)[O-])C1. The number of rotatable bonds is 3. The van der Waals surface area contributed by atoms with Crippen molar-refractivity contribution in [2.75, 3.05) is 5.32 Å². The number of carbonyl (C=O) groups is 2. The Bertz CT molecular complexity index is 646. The number of aliphatic carboxylic acids is 1. The Labute approximate surface area is 131 Å². The Morgan fingerprint density at radius 1 is 1.05 bits per heavy atom. The lowest BCUT2D eigenvalue weighted by Crippen LogP contribution is -2.42. The van der Waals surface area contributed by atoms with Crippen LogP contribution in [0.4, 0.5) is 5.69 Å². The summed E-state index contributed by atoms with van der Waals surface area (Å²) in [7, 11) is 0. The molecule has 2 atom stereocenters. The Hall–Kier alpha value is -2.10. The first-order valence-corrected chi connectivity index (χ1v) is 7.54. The maximum Gasteiger partial charge on any atom is 0.228 e. The van der Waals surface area contributed by atoms with Crippen molar-refractivity contribution in [3.63, 3.8) is 0 Å². The van der Waals surface area contributed by atoms with Crippen LogP contribution in [0.3, 0.4) is 0 Å². The van der Waals surface area contributed by atoms with Gasteiger partial charge in [0, 0.05) is 17.6 Å². The van der Waals surface area contributed by atoms with Crippen molar-refractivity contribution in [3.05, 3.63) is 40.5 Å². The molecule has 0 unspecified atom stereocenters. The minimum absolute atomic E-state index is 0.241. The summed E-state index contributed by atoms with van der Waals surface area (Å²) < 4.78 is 0. The Kier molecular flexibility index (Phi) is 4.69. The van der Waals surface area contributed by atoms with Crippen LogP contribution in [0.25, 0.3) is 0 Å². The molecule has 0 bridgehead atoms. The lowest BCUT2D eigenvalue weighted by Gasteiger charge is -2.33. The lowest BCUT2D eigenvalue weighted by molar-refractivity contribution is -0.313. The van der Waals surface area contributed by atoms with E-state index in [1.165, 1.54) is 0 Å². The quantitative estimate of drug-likeness (QED) is 0.871. The van der Waals surface area contributed by atoms with Crippen molar-refractivity contribution >= 4 is 17.6 Å². The van der Waals surface area contributed by atoms with Crippen molar-refractivity contribution < 1.29 is 14.7 Å². The summed E-state index contributed by atoms with van der Waals surface area (Å²) in [5.74, 6) is -2.72. The fourth-order valence-corrected chi connectivity index (χ4v) is 2.93. The highest BCUT2D eigenvalue weighted by molar-refractivity contribution is 5.96. The summed E-state index contributed by atoms with van der Waals surface area (Å²) in [6.07, 6.45) is 0.861. The molecule has 0 radical (unpaired) electrons. The molecule has 0 saturated carbocycles. The summed E-state index contributed by atoms with van der Waals surface area (Å²) in [5, 5.41) is 14.3. The number of benzene rings is 1. The van der Waals surface area contributed by atoms with Gasteiger partial charge in [-0.15, -0.1) is 0 Å². The Morgan fingerprint density at radius 2 is 1.64 bits per heavy atom. The fourth-order valence-electron chi connectivity index (χ4n) is 2.93. The third-order valence-corrected chi connectivity index (χ3v) is 4.77. The van der Waals surface area contributed by atoms with E-state index in [1.54, 1.807) is 0 Å². The van der Waals surface area contributed by atoms with Gasteiger partial charge in [0.05, 0.1) is 5.92 Å². The third-order valence-electron chi connectivity index (χ3n) is 4.77. The van der Waals surface area contributed by atoms with Gasteiger partial charge in [-0.2, -0.15) is 0 Å². The van der Waals surface area contributed by atoms with E-state index in [9.17, 15) is 14.7 Å². The van der Waals surface area contributed by atoms with Gasteiger partial charge in [0.1, 0.15) is 0 Å². The fraction of sp³-hybridized carbons (Fsp3) is 0.444. The van der Waals surface area contributed by atoms with Crippen LogP contribution in [-0.4, -0.2) is 11.9 Å². The van der Waals surface area contributed by atoms with Crippen LogP contribution in [0.2, 0.25) is 0 Å². The van der Waals surface area contributed by atoms with Gasteiger partial charge in [0.15, 0.2) is 0 Å². The maximum atomic E-state index is 12.6. The standard InChI is InChI=1S/C18H23NO3/c1-10-6-5-7-16(13(10)4)19-17(20)14-8-11(2)12(3)9-15(14)18(21)22/h5-7,14-15H,8-9H2,1-4H3,(H,19,20)(H,21,22)/p-1/t14-,15-/m1/s1. The molecule has 1 aliphatic rings. The molecule has 2 rings (SSSR count). The first-order valence-electron chi connectivity index (χ1n) is 7.54. The number of hydrogen-bond acceptors (Lipinski definition) is 3. The van der Waals surface area contributed by atoms with E-state index in [4.69, 9.17) is 0 Å². The van der Waals surface area contributed by atoms with Crippen molar-refractivity contribution in [1.29, 1.82) is 0 Å². The zero-order chi connectivity index (χ0) is 16.4. The average molecular weight is 300 g/mol. The molecule has 0 heterocycles. The van der Waals surface area contributed by atoms with Crippen LogP contribution in [0, 0.1) is 25.7 Å². The summed E-state index contributed by atoms with van der Waals surface area (Å²) in [6, 6.07) is 5.70. The molecule has 0 fully saturated rings. The number of aryl methyl sites for hydroxylation is 1. The largest absolute Gasteiger partial charge is 0.550 e. The van der Waals surface area contributed by atoms with Gasteiger partial charge < -0.3 is 15.2 Å². The number of allylic oxidation sites excluding steroid dienone is 2. The lowest BCUT2D eigenvalue weighted by atomic mass is 9.76. The molecular formula is C18H22NO3-. The highest BCUT2D eigenvalue weighted by Gasteiger charge is 2.33. The summed E-state index contributed by atoms with van der Waals surface area (Å²) >= 11 is 0. The molecule has 4 nitrogen and oxygen atoms in total. The summed E-state index contributed by atoms with van der Waals surface area (Å²) in [4.78, 5) is 24.0. The molecular weight excluding hydrogens is 278 g/mol. The molecule has 1 aliphatic carbocycles. The smallest absolute Gasteiger partial charge is 0.228 e. The van der Waals surface area contributed by atoms with E-state index in [-0.39, 0.29) is 5.91 Å². The molecule has 0 spiro atoms. The monoisotopic (exact) mass is 300 g/mol. The van der Waals surface area contributed by atoms with Crippen LogP contribution in [0.1, 0.15) is 37.8 Å². The van der Waals surface area contributed by atoms with Gasteiger partial charge in [-0.25, -0.2) is 0 Å². The number of nitrogens with one attached hydrogen (secondary N) is 1. The molecule has 118 valence electrons. The molecule has 0 aliphatic heterocycles. The van der Waals surface area contributed by atoms with Crippen LogP contribution >= 0.6 is 0 Å². The molecule has 1 aromatic rings. The van der Waals surface area contributed by atoms with Gasteiger partial charge in [-0.05, 0) is 57.7 Å². The second-order valence-electron chi connectivity index (χ2n) is 6.24. The van der Waals surface area contributed by atoms with Crippen molar-refractivity contribution in [2.24, 2.45) is 11.8 Å². The maximum absolute atomic E-state index is 12.6. The predicted molar refractivity (Wildman–Crippen MR) is 84.1 cm³/mol. The molecule has 22 heavy (non-hydrogen) atoms. The van der Waals surface area contributed by atoms with Gasteiger partial charge in [0.25, 0.3) is 0 Å². The number of anilines is 1. The second-order valence-corrected chi connectivity index (χ2v) is 6.24.